The molecule has 0 spiro atoms. The van der Waals surface area contributed by atoms with Gasteiger partial charge in [-0.05, 0) is 73.8 Å². The standard InChI is InChI=1S/C30H41F3N2O4/c1-37-27-17-38-10-8-19(27)11-20-13-26-23(14-25(39-26)18-5-3-2-4-6-18)28(20)29(36)35-9-7-24-21(16-35)12-22(15-34-24)30(31,32)33/h12,15,18-20,23,25-28H,2-11,13-14,16-17H2,1H3/t19?,20-,23-,25?,26-,27?,28-/m1/s1. The fourth-order valence-electron chi connectivity index (χ4n) is 8.30. The summed E-state index contributed by atoms with van der Waals surface area (Å²) in [6.07, 6.45) is 7.14. The third kappa shape index (κ3) is 5.60. The fraction of sp³-hybridized carbons (Fsp3) is 0.800. The van der Waals surface area contributed by atoms with E-state index in [1.54, 1.807) is 12.0 Å². The Morgan fingerprint density at radius 2 is 1.95 bits per heavy atom. The summed E-state index contributed by atoms with van der Waals surface area (Å²) >= 11 is 0. The second kappa shape index (κ2) is 11.3. The maximum absolute atomic E-state index is 14.3. The van der Waals surface area contributed by atoms with Crippen molar-refractivity contribution in [3.05, 3.63) is 29.1 Å². The Morgan fingerprint density at radius 1 is 1.13 bits per heavy atom. The number of carbonyl (C=O) groups excluding carboxylic acids is 1. The van der Waals surface area contributed by atoms with Gasteiger partial charge in [-0.25, -0.2) is 0 Å². The number of rotatable bonds is 5. The number of hydrogen-bond acceptors (Lipinski definition) is 5. The quantitative estimate of drug-likeness (QED) is 0.490. The summed E-state index contributed by atoms with van der Waals surface area (Å²) in [6, 6.07) is 1.18. The molecule has 6 rings (SSSR count). The highest BCUT2D eigenvalue weighted by atomic mass is 19.4. The molecule has 1 amide bonds. The number of amides is 1. The predicted molar refractivity (Wildman–Crippen MR) is 138 cm³/mol. The SMILES string of the molecule is COC1COCCC1C[C@@H]1C[C@H]2OC(C3CCCCC3)C[C@H]2[C@@H]1C(=O)N1CCc2ncc(C(F)(F)F)cc2C1. The third-order valence-corrected chi connectivity index (χ3v) is 10.3. The Hall–Kier alpha value is -1.71. The maximum atomic E-state index is 14.3. The van der Waals surface area contributed by atoms with Crippen molar-refractivity contribution in [1.82, 2.24) is 9.88 Å². The van der Waals surface area contributed by atoms with E-state index < -0.39 is 11.7 Å². The molecule has 6 nitrogen and oxygen atoms in total. The van der Waals surface area contributed by atoms with Crippen LogP contribution in [0.2, 0.25) is 0 Å². The Morgan fingerprint density at radius 3 is 2.72 bits per heavy atom. The van der Waals surface area contributed by atoms with Gasteiger partial charge >= 0.3 is 6.18 Å². The number of pyridine rings is 1. The smallest absolute Gasteiger partial charge is 0.379 e. The van der Waals surface area contributed by atoms with E-state index in [-0.39, 0.29) is 48.5 Å². The van der Waals surface area contributed by atoms with Gasteiger partial charge in [0, 0.05) is 51.0 Å². The van der Waals surface area contributed by atoms with Gasteiger partial charge in [-0.1, -0.05) is 19.3 Å². The van der Waals surface area contributed by atoms with Crippen LogP contribution in [0.15, 0.2) is 12.3 Å². The minimum Gasteiger partial charge on any atom is -0.379 e. The summed E-state index contributed by atoms with van der Waals surface area (Å²) in [5, 5.41) is 0. The molecule has 1 aromatic rings. The van der Waals surface area contributed by atoms with Gasteiger partial charge in [0.2, 0.25) is 5.91 Å². The lowest BCUT2D eigenvalue weighted by atomic mass is 9.76. The van der Waals surface area contributed by atoms with Crippen LogP contribution in [0.5, 0.6) is 0 Å². The van der Waals surface area contributed by atoms with Crippen molar-refractivity contribution in [2.24, 2.45) is 29.6 Å². The molecule has 216 valence electrons. The van der Waals surface area contributed by atoms with Gasteiger partial charge < -0.3 is 19.1 Å². The average Bonchev–Trinajstić information content (AvgIpc) is 3.50. The number of nitrogens with zero attached hydrogens (tertiary/aromatic N) is 2. The average molecular weight is 551 g/mol. The molecule has 2 aliphatic carbocycles. The lowest BCUT2D eigenvalue weighted by Crippen LogP contribution is -2.44. The van der Waals surface area contributed by atoms with E-state index in [0.29, 0.717) is 49.3 Å². The highest BCUT2D eigenvalue weighted by Crippen LogP contribution is 2.52. The van der Waals surface area contributed by atoms with E-state index in [4.69, 9.17) is 14.2 Å². The number of fused-ring (bicyclic) bond motifs is 2. The van der Waals surface area contributed by atoms with Crippen LogP contribution in [0.4, 0.5) is 13.2 Å². The number of aromatic nitrogens is 1. The van der Waals surface area contributed by atoms with Crippen LogP contribution in [0.3, 0.4) is 0 Å². The van der Waals surface area contributed by atoms with Gasteiger partial charge in [0.05, 0.1) is 30.5 Å². The molecular weight excluding hydrogens is 509 g/mol. The topological polar surface area (TPSA) is 60.9 Å². The molecule has 2 saturated heterocycles. The second-order valence-corrected chi connectivity index (χ2v) is 12.5. The first-order valence-electron chi connectivity index (χ1n) is 14.9. The first-order valence-corrected chi connectivity index (χ1v) is 14.9. The zero-order valence-corrected chi connectivity index (χ0v) is 22.8. The number of carbonyl (C=O) groups is 1. The summed E-state index contributed by atoms with van der Waals surface area (Å²) < 4.78 is 58.2. The van der Waals surface area contributed by atoms with Gasteiger partial charge in [0.1, 0.15) is 0 Å². The maximum Gasteiger partial charge on any atom is 0.417 e. The molecule has 9 heteroatoms. The molecule has 2 saturated carbocycles. The molecule has 3 unspecified atom stereocenters. The van der Waals surface area contributed by atoms with E-state index >= 15 is 0 Å². The predicted octanol–water partition coefficient (Wildman–Crippen LogP) is 5.42. The molecule has 0 bridgehead atoms. The molecule has 39 heavy (non-hydrogen) atoms. The molecule has 0 radical (unpaired) electrons. The van der Waals surface area contributed by atoms with Crippen LogP contribution in [-0.4, -0.2) is 61.0 Å². The Bertz CT molecular complexity index is 1030. The second-order valence-electron chi connectivity index (χ2n) is 12.5. The first kappa shape index (κ1) is 27.5. The van der Waals surface area contributed by atoms with Crippen molar-refractivity contribution < 1.29 is 32.2 Å². The van der Waals surface area contributed by atoms with Crippen LogP contribution in [0.1, 0.15) is 74.6 Å². The molecule has 3 aliphatic heterocycles. The monoisotopic (exact) mass is 550 g/mol. The van der Waals surface area contributed by atoms with Gasteiger partial charge in [-0.3, -0.25) is 9.78 Å². The van der Waals surface area contributed by atoms with Crippen LogP contribution in [0.25, 0.3) is 0 Å². The molecule has 0 aromatic carbocycles. The lowest BCUT2D eigenvalue weighted by Gasteiger charge is -2.37. The summed E-state index contributed by atoms with van der Waals surface area (Å²) in [5.41, 5.74) is 0.431. The van der Waals surface area contributed by atoms with Crippen molar-refractivity contribution in [3.63, 3.8) is 0 Å². The summed E-state index contributed by atoms with van der Waals surface area (Å²) in [6.45, 7) is 1.98. The number of ether oxygens (including phenoxy) is 3. The van der Waals surface area contributed by atoms with Crippen LogP contribution >= 0.6 is 0 Å². The lowest BCUT2D eigenvalue weighted by molar-refractivity contribution is -0.140. The van der Waals surface area contributed by atoms with E-state index in [9.17, 15) is 18.0 Å². The highest BCUT2D eigenvalue weighted by molar-refractivity contribution is 5.80. The van der Waals surface area contributed by atoms with Crippen molar-refractivity contribution in [3.8, 4) is 0 Å². The van der Waals surface area contributed by atoms with Gasteiger partial charge in [-0.2, -0.15) is 13.2 Å². The zero-order chi connectivity index (χ0) is 27.1. The Labute approximate surface area is 229 Å². The molecule has 1 aromatic heterocycles. The van der Waals surface area contributed by atoms with Crippen LogP contribution < -0.4 is 0 Å². The zero-order valence-electron chi connectivity index (χ0n) is 22.8. The molecule has 0 N–H and O–H groups in total. The normalized spacial score (nSPS) is 35.6. The molecule has 4 fully saturated rings. The Balaban J connectivity index is 1.22. The van der Waals surface area contributed by atoms with E-state index in [2.05, 4.69) is 4.98 Å². The summed E-state index contributed by atoms with van der Waals surface area (Å²) in [4.78, 5) is 20.2. The Kier molecular flexibility index (Phi) is 7.94. The van der Waals surface area contributed by atoms with E-state index in [1.165, 1.54) is 38.2 Å². The van der Waals surface area contributed by atoms with Crippen molar-refractivity contribution in [2.45, 2.75) is 95.2 Å². The summed E-state index contributed by atoms with van der Waals surface area (Å²) in [5.74, 6) is 1.20. The third-order valence-electron chi connectivity index (χ3n) is 10.3. The van der Waals surface area contributed by atoms with Crippen molar-refractivity contribution in [1.29, 1.82) is 0 Å². The van der Waals surface area contributed by atoms with Crippen molar-refractivity contribution in [2.75, 3.05) is 26.9 Å². The number of halogens is 3. The van der Waals surface area contributed by atoms with E-state index in [0.717, 1.165) is 31.9 Å². The molecular formula is C30H41F3N2O4. The van der Waals surface area contributed by atoms with Crippen molar-refractivity contribution >= 4 is 5.91 Å². The van der Waals surface area contributed by atoms with E-state index in [1.807, 2.05) is 0 Å². The molecule has 5 aliphatic rings. The first-order chi connectivity index (χ1) is 18.8. The molecule has 4 heterocycles. The van der Waals surface area contributed by atoms with Gasteiger partial charge in [0.15, 0.2) is 0 Å². The van der Waals surface area contributed by atoms with Crippen LogP contribution in [-0.2, 0) is 38.1 Å². The van der Waals surface area contributed by atoms with Crippen LogP contribution in [0, 0.1) is 29.6 Å². The number of alkyl halides is 3. The molecule has 7 atom stereocenters. The minimum absolute atomic E-state index is 0.0274. The number of methoxy groups -OCH3 is 1. The van der Waals surface area contributed by atoms with Gasteiger partial charge in [0.25, 0.3) is 0 Å². The van der Waals surface area contributed by atoms with Gasteiger partial charge in [-0.15, -0.1) is 0 Å². The number of hydrogen-bond donors (Lipinski definition) is 0. The highest BCUT2D eigenvalue weighted by Gasteiger charge is 2.55. The fourth-order valence-corrected chi connectivity index (χ4v) is 8.30. The summed E-state index contributed by atoms with van der Waals surface area (Å²) in [7, 11) is 1.73. The minimum atomic E-state index is -4.45. The largest absolute Gasteiger partial charge is 0.417 e.